The second-order valence-electron chi connectivity index (χ2n) is 9.33. The van der Waals surface area contributed by atoms with Gasteiger partial charge < -0.3 is 4.90 Å². The molecule has 2 aromatic rings. The molecule has 0 unspecified atom stereocenters. The smallest absolute Gasteiger partial charge is 0.229 e. The van der Waals surface area contributed by atoms with Gasteiger partial charge >= 0.3 is 0 Å². The predicted molar refractivity (Wildman–Crippen MR) is 125 cm³/mol. The summed E-state index contributed by atoms with van der Waals surface area (Å²) in [5, 5.41) is 0. The summed E-state index contributed by atoms with van der Waals surface area (Å²) in [5.74, 6) is 0.919. The molecule has 3 heteroatoms. The van der Waals surface area contributed by atoms with Crippen LogP contribution in [0, 0.1) is 5.92 Å². The Labute approximate surface area is 182 Å². The fourth-order valence-corrected chi connectivity index (χ4v) is 5.50. The number of carbonyl (C=O) groups is 1. The lowest BCUT2D eigenvalue weighted by molar-refractivity contribution is -0.122. The van der Waals surface area contributed by atoms with E-state index in [0.717, 1.165) is 31.6 Å². The van der Waals surface area contributed by atoms with Crippen molar-refractivity contribution in [1.29, 1.82) is 0 Å². The van der Waals surface area contributed by atoms with Crippen LogP contribution in [0.25, 0.3) is 0 Å². The number of piperidine rings is 1. The molecule has 0 spiro atoms. The highest BCUT2D eigenvalue weighted by Gasteiger charge is 2.36. The van der Waals surface area contributed by atoms with Crippen LogP contribution in [0.15, 0.2) is 60.7 Å². The first kappa shape index (κ1) is 21.1. The zero-order valence-corrected chi connectivity index (χ0v) is 18.5. The van der Waals surface area contributed by atoms with E-state index in [1.807, 2.05) is 32.0 Å². The first-order chi connectivity index (χ1) is 14.6. The minimum Gasteiger partial charge on any atom is -0.309 e. The van der Waals surface area contributed by atoms with E-state index in [4.69, 9.17) is 0 Å². The van der Waals surface area contributed by atoms with Crippen molar-refractivity contribution >= 4 is 11.6 Å². The maximum Gasteiger partial charge on any atom is 0.229 e. The number of nitrogens with zero attached hydrogens (tertiary/aromatic N) is 2. The molecule has 1 heterocycles. The van der Waals surface area contributed by atoms with Gasteiger partial charge in [-0.1, -0.05) is 75.2 Å². The van der Waals surface area contributed by atoms with Crippen molar-refractivity contribution in [2.75, 3.05) is 18.0 Å². The molecule has 3 nitrogen and oxygen atoms in total. The number of hydrogen-bond donors (Lipinski definition) is 0. The van der Waals surface area contributed by atoms with Crippen LogP contribution >= 0.6 is 0 Å². The fourth-order valence-electron chi connectivity index (χ4n) is 5.50. The monoisotopic (exact) mass is 404 g/mol. The molecule has 0 radical (unpaired) electrons. The summed E-state index contributed by atoms with van der Waals surface area (Å²) in [5.41, 5.74) is 2.56. The number of para-hydroxylation sites is 1. The molecule has 0 N–H and O–H groups in total. The number of likely N-dealkylation sites (tertiary alicyclic amines) is 1. The molecule has 0 bridgehead atoms. The van der Waals surface area contributed by atoms with Gasteiger partial charge in [0.25, 0.3) is 0 Å². The third-order valence-corrected chi connectivity index (χ3v) is 7.06. The van der Waals surface area contributed by atoms with Crippen LogP contribution in [0.5, 0.6) is 0 Å². The molecule has 30 heavy (non-hydrogen) atoms. The average molecular weight is 405 g/mol. The van der Waals surface area contributed by atoms with Crippen molar-refractivity contribution in [1.82, 2.24) is 4.90 Å². The standard InChI is InChI=1S/C27H36N2O/c1-21(2)27(30)29(23-13-7-4-8-14-23)24-17-19-28(20-18-24)26-16-10-9-15-25(26)22-11-5-3-6-12-22/h3-8,11-14,21,24-26H,9-10,15-20H2,1-2H3/t25-,26-/m1/s1. The SMILES string of the molecule is CC(C)C(=O)N(c1ccccc1)C1CCN([C@@H]2CCCC[C@@H]2c2ccccc2)CC1. The molecule has 1 aliphatic heterocycles. The summed E-state index contributed by atoms with van der Waals surface area (Å²) >= 11 is 0. The van der Waals surface area contributed by atoms with Crippen LogP contribution in [0.1, 0.15) is 63.9 Å². The third kappa shape index (κ3) is 4.62. The van der Waals surface area contributed by atoms with Gasteiger partial charge in [-0.25, -0.2) is 0 Å². The summed E-state index contributed by atoms with van der Waals surface area (Å²) < 4.78 is 0. The van der Waals surface area contributed by atoms with Gasteiger partial charge in [0.2, 0.25) is 5.91 Å². The van der Waals surface area contributed by atoms with Gasteiger partial charge in [0.15, 0.2) is 0 Å². The zero-order chi connectivity index (χ0) is 20.9. The second-order valence-corrected chi connectivity index (χ2v) is 9.33. The number of anilines is 1. The zero-order valence-electron chi connectivity index (χ0n) is 18.5. The van der Waals surface area contributed by atoms with E-state index in [0.29, 0.717) is 18.0 Å². The van der Waals surface area contributed by atoms with Crippen LogP contribution in [0.3, 0.4) is 0 Å². The molecule has 0 aromatic heterocycles. The summed E-state index contributed by atoms with van der Waals surface area (Å²) in [7, 11) is 0. The molecule has 1 saturated heterocycles. The van der Waals surface area contributed by atoms with E-state index in [1.165, 1.54) is 31.2 Å². The first-order valence-electron chi connectivity index (χ1n) is 11.8. The summed E-state index contributed by atoms with van der Waals surface area (Å²) in [6, 6.07) is 22.3. The van der Waals surface area contributed by atoms with Crippen LogP contribution in [0.2, 0.25) is 0 Å². The van der Waals surface area contributed by atoms with E-state index in [9.17, 15) is 4.79 Å². The van der Waals surface area contributed by atoms with Gasteiger partial charge in [0.1, 0.15) is 0 Å². The molecule has 1 amide bonds. The summed E-state index contributed by atoms with van der Waals surface area (Å²) in [6.07, 6.45) is 7.41. The summed E-state index contributed by atoms with van der Waals surface area (Å²) in [4.78, 5) is 17.9. The largest absolute Gasteiger partial charge is 0.309 e. The van der Waals surface area contributed by atoms with Crippen molar-refractivity contribution in [3.05, 3.63) is 66.2 Å². The number of amides is 1. The number of hydrogen-bond acceptors (Lipinski definition) is 2. The van der Waals surface area contributed by atoms with Crippen molar-refractivity contribution in [3.63, 3.8) is 0 Å². The minimum atomic E-state index is 0.0176. The summed E-state index contributed by atoms with van der Waals surface area (Å²) in [6.45, 7) is 6.21. The van der Waals surface area contributed by atoms with Gasteiger partial charge in [0, 0.05) is 36.8 Å². The maximum absolute atomic E-state index is 13.1. The van der Waals surface area contributed by atoms with Gasteiger partial charge in [-0.05, 0) is 49.3 Å². The van der Waals surface area contributed by atoms with E-state index >= 15 is 0 Å². The van der Waals surface area contributed by atoms with Crippen LogP contribution < -0.4 is 4.90 Å². The fraction of sp³-hybridized carbons (Fsp3) is 0.519. The Balaban J connectivity index is 1.47. The van der Waals surface area contributed by atoms with Gasteiger partial charge in [-0.15, -0.1) is 0 Å². The molecular weight excluding hydrogens is 368 g/mol. The van der Waals surface area contributed by atoms with Gasteiger partial charge in [-0.3, -0.25) is 9.69 Å². The topological polar surface area (TPSA) is 23.6 Å². The third-order valence-electron chi connectivity index (χ3n) is 7.06. The molecule has 2 atom stereocenters. The Kier molecular flexibility index (Phi) is 6.89. The van der Waals surface area contributed by atoms with E-state index in [2.05, 4.69) is 52.3 Å². The average Bonchev–Trinajstić information content (AvgIpc) is 2.81. The number of rotatable bonds is 5. The number of benzene rings is 2. The van der Waals surface area contributed by atoms with E-state index < -0.39 is 0 Å². The Morgan fingerprint density at radius 3 is 2.10 bits per heavy atom. The Morgan fingerprint density at radius 2 is 1.47 bits per heavy atom. The molecule has 160 valence electrons. The maximum atomic E-state index is 13.1. The molecule has 2 aromatic carbocycles. The van der Waals surface area contributed by atoms with Crippen LogP contribution in [-0.4, -0.2) is 36.0 Å². The highest BCUT2D eigenvalue weighted by Crippen LogP contribution is 2.38. The van der Waals surface area contributed by atoms with Crippen LogP contribution in [0.4, 0.5) is 5.69 Å². The number of carbonyl (C=O) groups excluding carboxylic acids is 1. The lowest BCUT2D eigenvalue weighted by Gasteiger charge is -2.45. The predicted octanol–water partition coefficient (Wildman–Crippen LogP) is 5.87. The van der Waals surface area contributed by atoms with E-state index in [-0.39, 0.29) is 11.8 Å². The molecule has 2 aliphatic rings. The van der Waals surface area contributed by atoms with Crippen molar-refractivity contribution in [3.8, 4) is 0 Å². The quantitative estimate of drug-likeness (QED) is 0.622. The highest BCUT2D eigenvalue weighted by atomic mass is 16.2. The normalized spacial score (nSPS) is 23.4. The lowest BCUT2D eigenvalue weighted by atomic mass is 9.78. The highest BCUT2D eigenvalue weighted by molar-refractivity contribution is 5.95. The molecule has 4 rings (SSSR count). The Hall–Kier alpha value is -2.13. The molecular formula is C27H36N2O. The van der Waals surface area contributed by atoms with Crippen molar-refractivity contribution in [2.45, 2.75) is 70.4 Å². The Morgan fingerprint density at radius 1 is 0.867 bits per heavy atom. The van der Waals surface area contributed by atoms with Gasteiger partial charge in [-0.2, -0.15) is 0 Å². The second kappa shape index (κ2) is 9.78. The van der Waals surface area contributed by atoms with Crippen molar-refractivity contribution < 1.29 is 4.79 Å². The van der Waals surface area contributed by atoms with E-state index in [1.54, 1.807) is 0 Å². The Bertz CT molecular complexity index is 796. The minimum absolute atomic E-state index is 0.0176. The molecule has 1 saturated carbocycles. The first-order valence-corrected chi connectivity index (χ1v) is 11.8. The lowest BCUT2D eigenvalue weighted by Crippen LogP contribution is -2.52. The molecule has 1 aliphatic carbocycles. The van der Waals surface area contributed by atoms with Crippen LogP contribution in [-0.2, 0) is 4.79 Å². The molecule has 2 fully saturated rings. The van der Waals surface area contributed by atoms with Gasteiger partial charge in [0.05, 0.1) is 0 Å². The van der Waals surface area contributed by atoms with Crippen molar-refractivity contribution in [2.24, 2.45) is 5.92 Å².